The smallest absolute Gasteiger partial charge is 0.234 e. The Morgan fingerprint density at radius 1 is 1.21 bits per heavy atom. The zero-order valence-electron chi connectivity index (χ0n) is 14.1. The van der Waals surface area contributed by atoms with Crippen LogP contribution in [0, 0.1) is 0 Å². The maximum absolute atomic E-state index is 12.2. The summed E-state index contributed by atoms with van der Waals surface area (Å²) in [5, 5.41) is 7.17. The van der Waals surface area contributed by atoms with Gasteiger partial charge in [0.25, 0.3) is 0 Å². The van der Waals surface area contributed by atoms with E-state index in [1.54, 1.807) is 0 Å². The lowest BCUT2D eigenvalue weighted by atomic mass is 9.97. The van der Waals surface area contributed by atoms with Crippen LogP contribution in [0.25, 0.3) is 0 Å². The summed E-state index contributed by atoms with van der Waals surface area (Å²) < 4.78 is 10.9. The topological polar surface area (TPSA) is 80.5 Å². The first-order valence-corrected chi connectivity index (χ1v) is 9.22. The number of piperidine rings is 1. The van der Waals surface area contributed by atoms with Gasteiger partial charge < -0.3 is 14.6 Å². The van der Waals surface area contributed by atoms with Crippen molar-refractivity contribution >= 4 is 5.91 Å². The summed E-state index contributed by atoms with van der Waals surface area (Å²) in [5.41, 5.74) is 0. The van der Waals surface area contributed by atoms with Gasteiger partial charge in [0.15, 0.2) is 5.82 Å². The number of aromatic nitrogens is 2. The van der Waals surface area contributed by atoms with E-state index in [9.17, 15) is 4.79 Å². The van der Waals surface area contributed by atoms with Crippen molar-refractivity contribution in [3.63, 3.8) is 0 Å². The largest absolute Gasteiger partial charge is 0.376 e. The number of carbonyl (C=O) groups is 1. The van der Waals surface area contributed by atoms with Gasteiger partial charge in [0.1, 0.15) is 0 Å². The summed E-state index contributed by atoms with van der Waals surface area (Å²) in [6.07, 6.45) is 6.82. The Hall–Kier alpha value is -1.47. The van der Waals surface area contributed by atoms with Crippen LogP contribution >= 0.6 is 0 Å². The second-order valence-electron chi connectivity index (χ2n) is 7.28. The summed E-state index contributed by atoms with van der Waals surface area (Å²) in [5.74, 6) is 2.48. The zero-order chi connectivity index (χ0) is 16.4. The van der Waals surface area contributed by atoms with Gasteiger partial charge in [-0.25, -0.2) is 0 Å². The summed E-state index contributed by atoms with van der Waals surface area (Å²) in [7, 11) is 0. The highest BCUT2D eigenvalue weighted by molar-refractivity contribution is 5.78. The molecule has 1 aliphatic carbocycles. The van der Waals surface area contributed by atoms with Gasteiger partial charge in [-0.05, 0) is 45.1 Å². The average Bonchev–Trinajstić information content (AvgIpc) is 3.12. The zero-order valence-corrected chi connectivity index (χ0v) is 14.1. The minimum atomic E-state index is 0.0814. The molecule has 1 aromatic heterocycles. The van der Waals surface area contributed by atoms with E-state index in [2.05, 4.69) is 20.4 Å². The van der Waals surface area contributed by atoms with Gasteiger partial charge in [-0.15, -0.1) is 0 Å². The molecule has 1 aromatic rings. The van der Waals surface area contributed by atoms with Crippen LogP contribution in [0.1, 0.15) is 62.1 Å². The number of carbonyl (C=O) groups excluding carboxylic acids is 1. The molecular formula is C17H26N4O3. The lowest BCUT2D eigenvalue weighted by Gasteiger charge is -2.30. The first-order chi connectivity index (χ1) is 11.8. The molecule has 7 heteroatoms. The van der Waals surface area contributed by atoms with E-state index < -0.39 is 0 Å². The summed E-state index contributed by atoms with van der Waals surface area (Å²) in [6, 6.07) is 0. The number of amides is 1. The number of likely N-dealkylation sites (tertiary alicyclic amines) is 1. The van der Waals surface area contributed by atoms with Gasteiger partial charge >= 0.3 is 0 Å². The first-order valence-electron chi connectivity index (χ1n) is 9.22. The van der Waals surface area contributed by atoms with Crippen molar-refractivity contribution in [3.8, 4) is 0 Å². The van der Waals surface area contributed by atoms with Crippen LogP contribution in [-0.4, -0.2) is 59.8 Å². The van der Waals surface area contributed by atoms with E-state index in [-0.39, 0.29) is 17.9 Å². The van der Waals surface area contributed by atoms with Crippen LogP contribution in [0.2, 0.25) is 0 Å². The molecule has 1 amide bonds. The van der Waals surface area contributed by atoms with Crippen LogP contribution in [0.15, 0.2) is 4.52 Å². The molecule has 4 rings (SSSR count). The fourth-order valence-electron chi connectivity index (χ4n) is 3.61. The van der Waals surface area contributed by atoms with Crippen LogP contribution in [0.4, 0.5) is 0 Å². The molecule has 7 nitrogen and oxygen atoms in total. The molecule has 0 spiro atoms. The van der Waals surface area contributed by atoms with E-state index in [1.165, 1.54) is 12.8 Å². The maximum atomic E-state index is 12.2. The number of hydrogen-bond acceptors (Lipinski definition) is 6. The molecule has 132 valence electrons. The lowest BCUT2D eigenvalue weighted by Crippen LogP contribution is -2.43. The van der Waals surface area contributed by atoms with Crippen LogP contribution in [0.3, 0.4) is 0 Å². The van der Waals surface area contributed by atoms with E-state index >= 15 is 0 Å². The third-order valence-electron chi connectivity index (χ3n) is 5.17. The molecule has 0 radical (unpaired) electrons. The summed E-state index contributed by atoms with van der Waals surface area (Å²) in [4.78, 5) is 18.9. The second-order valence-corrected chi connectivity index (χ2v) is 7.28. The Morgan fingerprint density at radius 2 is 2.12 bits per heavy atom. The molecule has 2 aliphatic heterocycles. The highest BCUT2D eigenvalue weighted by Crippen LogP contribution is 2.39. The highest BCUT2D eigenvalue weighted by Gasteiger charge is 2.32. The number of nitrogens with zero attached hydrogens (tertiary/aromatic N) is 3. The van der Waals surface area contributed by atoms with Crippen LogP contribution < -0.4 is 5.32 Å². The van der Waals surface area contributed by atoms with Crippen molar-refractivity contribution in [3.05, 3.63) is 11.7 Å². The van der Waals surface area contributed by atoms with Gasteiger partial charge in [-0.3, -0.25) is 9.69 Å². The Labute approximate surface area is 142 Å². The van der Waals surface area contributed by atoms with Gasteiger partial charge in [-0.2, -0.15) is 4.98 Å². The minimum Gasteiger partial charge on any atom is -0.376 e. The van der Waals surface area contributed by atoms with Gasteiger partial charge in [0, 0.05) is 31.5 Å². The molecule has 0 bridgehead atoms. The average molecular weight is 334 g/mol. The molecule has 2 saturated heterocycles. The van der Waals surface area contributed by atoms with E-state index in [0.717, 1.165) is 57.1 Å². The Bertz CT molecular complexity index is 566. The first kappa shape index (κ1) is 16.0. The monoisotopic (exact) mass is 334 g/mol. The van der Waals surface area contributed by atoms with Gasteiger partial charge in [0.05, 0.1) is 12.6 Å². The number of rotatable bonds is 6. The van der Waals surface area contributed by atoms with Crippen molar-refractivity contribution < 1.29 is 14.1 Å². The third-order valence-corrected chi connectivity index (χ3v) is 5.17. The minimum absolute atomic E-state index is 0.0814. The molecule has 3 aliphatic rings. The van der Waals surface area contributed by atoms with E-state index in [1.807, 2.05) is 0 Å². The Kier molecular flexibility index (Phi) is 4.80. The molecule has 0 unspecified atom stereocenters. The maximum Gasteiger partial charge on any atom is 0.234 e. The van der Waals surface area contributed by atoms with Crippen molar-refractivity contribution in [1.29, 1.82) is 0 Å². The van der Waals surface area contributed by atoms with Crippen LogP contribution in [0.5, 0.6) is 0 Å². The predicted octanol–water partition coefficient (Wildman–Crippen LogP) is 1.42. The van der Waals surface area contributed by atoms with Crippen LogP contribution in [-0.2, 0) is 9.53 Å². The normalized spacial score (nSPS) is 28.2. The summed E-state index contributed by atoms with van der Waals surface area (Å²) >= 11 is 0. The summed E-state index contributed by atoms with van der Waals surface area (Å²) in [6.45, 7) is 3.68. The standard InChI is InChI=1S/C17H26N4O3/c22-15(18-9-14-4-2-8-23-14)11-21-7-1-3-13(10-21)16-19-17(24-20-16)12-5-6-12/h12-14H,1-11H2,(H,18,22)/t13-,14+/m1/s1. The van der Waals surface area contributed by atoms with Crippen molar-refractivity contribution in [2.45, 2.75) is 56.5 Å². The fraction of sp³-hybridized carbons (Fsp3) is 0.824. The quantitative estimate of drug-likeness (QED) is 0.847. The van der Waals surface area contributed by atoms with Gasteiger partial charge in [0.2, 0.25) is 11.8 Å². The SMILES string of the molecule is O=C(CN1CCC[C@@H](c2noc(C3CC3)n2)C1)NC[C@@H]1CCCO1. The molecule has 1 saturated carbocycles. The number of ether oxygens (including phenoxy) is 1. The molecule has 0 aromatic carbocycles. The van der Waals surface area contributed by atoms with Crippen molar-refractivity contribution in [2.24, 2.45) is 0 Å². The fourth-order valence-corrected chi connectivity index (χ4v) is 3.61. The third kappa shape index (κ3) is 3.95. The van der Waals surface area contributed by atoms with Gasteiger partial charge in [-0.1, -0.05) is 5.16 Å². The van der Waals surface area contributed by atoms with E-state index in [0.29, 0.717) is 19.0 Å². The Morgan fingerprint density at radius 3 is 2.92 bits per heavy atom. The molecule has 24 heavy (non-hydrogen) atoms. The number of hydrogen-bond donors (Lipinski definition) is 1. The highest BCUT2D eigenvalue weighted by atomic mass is 16.5. The molecule has 3 heterocycles. The molecule has 1 N–H and O–H groups in total. The van der Waals surface area contributed by atoms with Crippen molar-refractivity contribution in [2.75, 3.05) is 32.8 Å². The predicted molar refractivity (Wildman–Crippen MR) is 86.7 cm³/mol. The molecular weight excluding hydrogens is 308 g/mol. The lowest BCUT2D eigenvalue weighted by molar-refractivity contribution is -0.123. The Balaban J connectivity index is 1.25. The molecule has 2 atom stereocenters. The number of nitrogens with one attached hydrogen (secondary N) is 1. The second kappa shape index (κ2) is 7.19. The molecule has 3 fully saturated rings. The van der Waals surface area contributed by atoms with E-state index in [4.69, 9.17) is 9.26 Å². The van der Waals surface area contributed by atoms with Crippen molar-refractivity contribution in [1.82, 2.24) is 20.4 Å².